The second-order valence-corrected chi connectivity index (χ2v) is 13.0. The third-order valence-electron chi connectivity index (χ3n) is 6.77. The standard InChI is InChI=1S/C32H26Br4N2O2/c1-2-40-32(39)30-28(37-26-13-9-22(33)10-14-26)19-29(20-5-3-7-24(35)17-20)38(27-15-11-23(34)12-16-27)31(30)21-6-4-8-25(36)18-21/h3-18,29,31,37H,2,19H2,1H3. The second kappa shape index (κ2) is 13.1. The van der Waals surface area contributed by atoms with Gasteiger partial charge in [0.1, 0.15) is 0 Å². The molecule has 1 N–H and O–H groups in total. The first-order valence-corrected chi connectivity index (χ1v) is 16.0. The molecular weight excluding hydrogens is 764 g/mol. The van der Waals surface area contributed by atoms with Crippen LogP contribution < -0.4 is 10.2 Å². The van der Waals surface area contributed by atoms with Gasteiger partial charge in [0.15, 0.2) is 0 Å². The number of rotatable bonds is 7. The van der Waals surface area contributed by atoms with Crippen molar-refractivity contribution in [2.45, 2.75) is 25.4 Å². The molecule has 4 aromatic carbocycles. The SMILES string of the molecule is CCOC(=O)C1=C(Nc2ccc(Br)cc2)CC(c2cccc(Br)c2)N(c2ccc(Br)cc2)C1c1cccc(Br)c1. The minimum absolute atomic E-state index is 0.0845. The Hall–Kier alpha value is -2.39. The van der Waals surface area contributed by atoms with Gasteiger partial charge in [-0.2, -0.15) is 0 Å². The highest BCUT2D eigenvalue weighted by Crippen LogP contribution is 2.48. The molecule has 40 heavy (non-hydrogen) atoms. The largest absolute Gasteiger partial charge is 0.463 e. The minimum Gasteiger partial charge on any atom is -0.463 e. The molecule has 1 aliphatic rings. The third kappa shape index (κ3) is 6.56. The van der Waals surface area contributed by atoms with Gasteiger partial charge in [0.25, 0.3) is 0 Å². The molecule has 8 heteroatoms. The first kappa shape index (κ1) is 29.1. The number of benzene rings is 4. The van der Waals surface area contributed by atoms with Crippen LogP contribution in [0, 0.1) is 0 Å². The Labute approximate surface area is 268 Å². The summed E-state index contributed by atoms with van der Waals surface area (Å²) in [4.78, 5) is 16.2. The highest BCUT2D eigenvalue weighted by Gasteiger charge is 2.42. The molecule has 0 bridgehead atoms. The van der Waals surface area contributed by atoms with Gasteiger partial charge in [0.05, 0.1) is 24.3 Å². The second-order valence-electron chi connectivity index (χ2n) is 9.36. The van der Waals surface area contributed by atoms with E-state index in [2.05, 4.69) is 116 Å². The zero-order valence-electron chi connectivity index (χ0n) is 21.6. The molecule has 0 radical (unpaired) electrons. The zero-order chi connectivity index (χ0) is 28.2. The van der Waals surface area contributed by atoms with Gasteiger partial charge < -0.3 is 15.0 Å². The number of halogens is 4. The van der Waals surface area contributed by atoms with Crippen molar-refractivity contribution < 1.29 is 9.53 Å². The number of nitrogens with one attached hydrogen (secondary N) is 1. The summed E-state index contributed by atoms with van der Waals surface area (Å²) in [6, 6.07) is 32.3. The van der Waals surface area contributed by atoms with E-state index in [9.17, 15) is 4.79 Å². The Morgan fingerprint density at radius 2 is 1.38 bits per heavy atom. The highest BCUT2D eigenvalue weighted by atomic mass is 79.9. The smallest absolute Gasteiger partial charge is 0.338 e. The fraction of sp³-hybridized carbons (Fsp3) is 0.156. The Morgan fingerprint density at radius 3 is 1.98 bits per heavy atom. The predicted octanol–water partition coefficient (Wildman–Crippen LogP) is 10.4. The lowest BCUT2D eigenvalue weighted by atomic mass is 9.84. The van der Waals surface area contributed by atoms with Crippen LogP contribution in [0.3, 0.4) is 0 Å². The molecule has 5 rings (SSSR count). The first-order chi connectivity index (χ1) is 19.3. The van der Waals surface area contributed by atoms with Crippen LogP contribution in [-0.4, -0.2) is 12.6 Å². The van der Waals surface area contributed by atoms with Gasteiger partial charge in [-0.25, -0.2) is 4.79 Å². The summed E-state index contributed by atoms with van der Waals surface area (Å²) in [6.45, 7) is 2.13. The maximum absolute atomic E-state index is 13.9. The molecule has 204 valence electrons. The topological polar surface area (TPSA) is 41.6 Å². The summed E-state index contributed by atoms with van der Waals surface area (Å²) in [6.07, 6.45) is 0.571. The monoisotopic (exact) mass is 786 g/mol. The van der Waals surface area contributed by atoms with Gasteiger partial charge in [-0.3, -0.25) is 0 Å². The molecule has 0 saturated carbocycles. The van der Waals surface area contributed by atoms with E-state index in [1.165, 1.54) is 0 Å². The maximum atomic E-state index is 13.9. The van der Waals surface area contributed by atoms with Crippen molar-refractivity contribution in [3.63, 3.8) is 0 Å². The summed E-state index contributed by atoms with van der Waals surface area (Å²) in [5.74, 6) is -0.332. The molecule has 1 aliphatic heterocycles. The average molecular weight is 790 g/mol. The highest BCUT2D eigenvalue weighted by molar-refractivity contribution is 9.11. The lowest BCUT2D eigenvalue weighted by Gasteiger charge is -2.46. The molecule has 4 nitrogen and oxygen atoms in total. The van der Waals surface area contributed by atoms with Crippen LogP contribution in [0.15, 0.2) is 126 Å². The van der Waals surface area contributed by atoms with Gasteiger partial charge in [-0.1, -0.05) is 88.0 Å². The van der Waals surface area contributed by atoms with E-state index in [4.69, 9.17) is 4.74 Å². The van der Waals surface area contributed by atoms with E-state index in [-0.39, 0.29) is 18.6 Å². The molecule has 0 amide bonds. The maximum Gasteiger partial charge on any atom is 0.338 e. The van der Waals surface area contributed by atoms with E-state index in [1.54, 1.807) is 0 Å². The number of hydrogen-bond acceptors (Lipinski definition) is 4. The molecular formula is C32H26Br4N2O2. The predicted molar refractivity (Wildman–Crippen MR) is 176 cm³/mol. The average Bonchev–Trinajstić information content (AvgIpc) is 2.94. The molecule has 0 saturated heterocycles. The van der Waals surface area contributed by atoms with E-state index in [0.717, 1.165) is 46.1 Å². The molecule has 0 aliphatic carbocycles. The van der Waals surface area contributed by atoms with Crippen LogP contribution in [0.4, 0.5) is 11.4 Å². The van der Waals surface area contributed by atoms with Crippen molar-refractivity contribution in [2.24, 2.45) is 0 Å². The van der Waals surface area contributed by atoms with E-state index >= 15 is 0 Å². The Balaban J connectivity index is 1.79. The van der Waals surface area contributed by atoms with Crippen molar-refractivity contribution in [3.8, 4) is 0 Å². The molecule has 1 heterocycles. The Kier molecular flexibility index (Phi) is 9.51. The number of carbonyl (C=O) groups excluding carboxylic acids is 1. The van der Waals surface area contributed by atoms with Crippen LogP contribution in [0.25, 0.3) is 0 Å². The Bertz CT molecular complexity index is 1540. The van der Waals surface area contributed by atoms with Gasteiger partial charge in [0.2, 0.25) is 0 Å². The zero-order valence-corrected chi connectivity index (χ0v) is 27.9. The van der Waals surface area contributed by atoms with Gasteiger partial charge in [-0.05, 0) is 90.8 Å². The number of carbonyl (C=O) groups is 1. The van der Waals surface area contributed by atoms with Gasteiger partial charge >= 0.3 is 5.97 Å². The number of anilines is 2. The van der Waals surface area contributed by atoms with Crippen molar-refractivity contribution >= 4 is 81.1 Å². The van der Waals surface area contributed by atoms with Crippen molar-refractivity contribution in [3.05, 3.63) is 137 Å². The van der Waals surface area contributed by atoms with Crippen molar-refractivity contribution in [1.29, 1.82) is 0 Å². The van der Waals surface area contributed by atoms with E-state index in [1.807, 2.05) is 61.5 Å². The Morgan fingerprint density at radius 1 is 0.800 bits per heavy atom. The summed E-state index contributed by atoms with van der Waals surface area (Å²) in [5, 5.41) is 3.61. The summed E-state index contributed by atoms with van der Waals surface area (Å²) in [5.41, 5.74) is 5.45. The number of nitrogens with zero attached hydrogens (tertiary/aromatic N) is 1. The molecule has 0 aromatic heterocycles. The normalized spacial score (nSPS) is 17.1. The number of esters is 1. The van der Waals surface area contributed by atoms with Crippen LogP contribution >= 0.6 is 63.7 Å². The van der Waals surface area contributed by atoms with Crippen LogP contribution in [0.5, 0.6) is 0 Å². The first-order valence-electron chi connectivity index (χ1n) is 12.8. The summed E-state index contributed by atoms with van der Waals surface area (Å²) >= 11 is 14.5. The fourth-order valence-electron chi connectivity index (χ4n) is 5.09. The van der Waals surface area contributed by atoms with Gasteiger partial charge in [-0.15, -0.1) is 0 Å². The quantitative estimate of drug-likeness (QED) is 0.189. The molecule has 2 unspecified atom stereocenters. The molecule has 0 fully saturated rings. The van der Waals surface area contributed by atoms with Crippen LogP contribution in [0.2, 0.25) is 0 Å². The third-order valence-corrected chi connectivity index (χ3v) is 8.81. The lowest BCUT2D eigenvalue weighted by Crippen LogP contribution is -2.41. The van der Waals surface area contributed by atoms with E-state index < -0.39 is 6.04 Å². The molecule has 2 atom stereocenters. The summed E-state index contributed by atoms with van der Waals surface area (Å²) in [7, 11) is 0. The minimum atomic E-state index is -0.423. The van der Waals surface area contributed by atoms with Gasteiger partial charge in [0, 0.05) is 41.4 Å². The van der Waals surface area contributed by atoms with Crippen molar-refractivity contribution in [1.82, 2.24) is 0 Å². The number of ether oxygens (including phenoxy) is 1. The lowest BCUT2D eigenvalue weighted by molar-refractivity contribution is -0.139. The summed E-state index contributed by atoms with van der Waals surface area (Å²) < 4.78 is 9.64. The molecule has 4 aromatic rings. The van der Waals surface area contributed by atoms with Crippen molar-refractivity contribution in [2.75, 3.05) is 16.8 Å². The molecule has 0 spiro atoms. The van der Waals surface area contributed by atoms with E-state index in [0.29, 0.717) is 12.0 Å². The van der Waals surface area contributed by atoms with Crippen LogP contribution in [0.1, 0.15) is 36.6 Å². The fourth-order valence-corrected chi connectivity index (χ4v) is 6.46. The van der Waals surface area contributed by atoms with Crippen LogP contribution in [-0.2, 0) is 9.53 Å². The number of hydrogen-bond donors (Lipinski definition) is 1.